The van der Waals surface area contributed by atoms with Crippen LogP contribution in [0.4, 0.5) is 0 Å². The quantitative estimate of drug-likeness (QED) is 0.0290. The third-order valence-electron chi connectivity index (χ3n) is 8.16. The molecule has 0 fully saturated rings. The van der Waals surface area contributed by atoms with E-state index in [0.717, 1.165) is 57.8 Å². The second-order valence-corrected chi connectivity index (χ2v) is 14.1. The number of carbonyl (C=O) groups excluding carboxylic acids is 2. The molecule has 0 radical (unpaired) electrons. The van der Waals surface area contributed by atoms with Crippen molar-refractivity contribution in [2.45, 2.75) is 187 Å². The van der Waals surface area contributed by atoms with Gasteiger partial charge in [0, 0.05) is 12.8 Å². The first-order chi connectivity index (χ1) is 23.3. The molecule has 9 heteroatoms. The van der Waals surface area contributed by atoms with E-state index in [9.17, 15) is 14.2 Å². The Labute approximate surface area is 293 Å². The molecule has 0 unspecified atom stereocenters. The fourth-order valence-electron chi connectivity index (χ4n) is 5.26. The molecule has 0 saturated carbocycles. The van der Waals surface area contributed by atoms with Gasteiger partial charge in [-0.15, -0.1) is 0 Å². The van der Waals surface area contributed by atoms with Gasteiger partial charge in [0.25, 0.3) is 0 Å². The second-order valence-electron chi connectivity index (χ2n) is 12.9. The van der Waals surface area contributed by atoms with E-state index in [0.29, 0.717) is 6.42 Å². The molecule has 0 aliphatic rings. The molecule has 1 atom stereocenters. The number of ether oxygens (including phenoxy) is 2. The fourth-order valence-corrected chi connectivity index (χ4v) is 5.62. The predicted octanol–water partition coefficient (Wildman–Crippen LogP) is 11.4. The lowest BCUT2D eigenvalue weighted by Gasteiger charge is -2.18. The minimum Gasteiger partial charge on any atom is -0.462 e. The molecule has 0 rings (SSSR count). The number of rotatable bonds is 35. The molecule has 0 amide bonds. The third-order valence-corrected chi connectivity index (χ3v) is 8.65. The first-order valence-electron chi connectivity index (χ1n) is 19.3. The number of esters is 2. The van der Waals surface area contributed by atoms with Crippen LogP contribution < -0.4 is 0 Å². The molecule has 0 spiro atoms. The first kappa shape index (κ1) is 46.3. The average Bonchev–Trinajstić information content (AvgIpc) is 3.05. The molecule has 0 saturated heterocycles. The zero-order valence-electron chi connectivity index (χ0n) is 30.6. The van der Waals surface area contributed by atoms with Crippen LogP contribution in [-0.4, -0.2) is 41.0 Å². The number of allylic oxidation sites excluding steroid dienone is 6. The van der Waals surface area contributed by atoms with Crippen molar-refractivity contribution in [3.05, 3.63) is 36.5 Å². The maximum atomic E-state index is 12.4. The Morgan fingerprint density at radius 2 is 0.938 bits per heavy atom. The van der Waals surface area contributed by atoms with E-state index < -0.39 is 32.5 Å². The molecular formula is C39H71O8P. The van der Waals surface area contributed by atoms with E-state index in [1.54, 1.807) is 0 Å². The summed E-state index contributed by atoms with van der Waals surface area (Å²) >= 11 is 0. The van der Waals surface area contributed by atoms with Gasteiger partial charge in [-0.1, -0.05) is 153 Å². The minimum atomic E-state index is -4.75. The van der Waals surface area contributed by atoms with E-state index >= 15 is 0 Å². The SMILES string of the molecule is CCCCC/C=C\C/C=C\C/C=C\CCCCCCC(=O)O[C@H](COC(=O)CCCCCCCCCCCCCCC)COP(=O)(O)O. The van der Waals surface area contributed by atoms with Gasteiger partial charge in [-0.2, -0.15) is 0 Å². The molecular weight excluding hydrogens is 627 g/mol. The third kappa shape index (κ3) is 37.1. The highest BCUT2D eigenvalue weighted by atomic mass is 31.2. The van der Waals surface area contributed by atoms with Gasteiger partial charge in [-0.3, -0.25) is 14.1 Å². The largest absolute Gasteiger partial charge is 0.469 e. The van der Waals surface area contributed by atoms with Gasteiger partial charge < -0.3 is 19.3 Å². The van der Waals surface area contributed by atoms with Crippen LogP contribution in [0.15, 0.2) is 36.5 Å². The van der Waals surface area contributed by atoms with E-state index in [1.807, 2.05) is 0 Å². The standard InChI is InChI=1S/C39H71O8P/c1-3-5-7-9-11-13-15-17-18-19-20-22-24-26-28-30-32-34-39(41)47-37(36-46-48(42,43)44)35-45-38(40)33-31-29-27-25-23-21-16-14-12-10-8-6-4-2/h11,13,17-18,20,22,37H,3-10,12,14-16,19,21,23-36H2,1-2H3,(H2,42,43,44)/b13-11-,18-17-,22-20-/t37-/m1/s1. The molecule has 0 aromatic rings. The topological polar surface area (TPSA) is 119 Å². The summed E-state index contributed by atoms with van der Waals surface area (Å²) in [5, 5.41) is 0. The van der Waals surface area contributed by atoms with Gasteiger partial charge in [-0.05, 0) is 51.4 Å². The maximum absolute atomic E-state index is 12.4. The lowest BCUT2D eigenvalue weighted by Crippen LogP contribution is -2.29. The number of hydrogen-bond acceptors (Lipinski definition) is 6. The summed E-state index contributed by atoms with van der Waals surface area (Å²) in [5.41, 5.74) is 0. The molecule has 0 bridgehead atoms. The van der Waals surface area contributed by atoms with Gasteiger partial charge in [0.1, 0.15) is 6.61 Å². The minimum absolute atomic E-state index is 0.188. The molecule has 0 heterocycles. The van der Waals surface area contributed by atoms with Gasteiger partial charge in [0.05, 0.1) is 6.61 Å². The highest BCUT2D eigenvalue weighted by Gasteiger charge is 2.22. The summed E-state index contributed by atoms with van der Waals surface area (Å²) < 4.78 is 26.3. The van der Waals surface area contributed by atoms with Crippen molar-refractivity contribution in [2.75, 3.05) is 13.2 Å². The molecule has 0 aromatic carbocycles. The Balaban J connectivity index is 4.00. The molecule has 0 aliphatic heterocycles. The zero-order valence-corrected chi connectivity index (χ0v) is 31.5. The number of phosphoric ester groups is 1. The van der Waals surface area contributed by atoms with Crippen LogP contribution in [0.1, 0.15) is 181 Å². The first-order valence-corrected chi connectivity index (χ1v) is 20.8. The molecule has 0 aromatic heterocycles. The van der Waals surface area contributed by atoms with Gasteiger partial charge in [0.15, 0.2) is 6.10 Å². The monoisotopic (exact) mass is 698 g/mol. The van der Waals surface area contributed by atoms with E-state index in [-0.39, 0.29) is 19.4 Å². The Bertz CT molecular complexity index is 879. The Kier molecular flexibility index (Phi) is 33.8. The molecule has 2 N–H and O–H groups in total. The van der Waals surface area contributed by atoms with Crippen LogP contribution in [0.3, 0.4) is 0 Å². The average molecular weight is 699 g/mol. The van der Waals surface area contributed by atoms with Crippen molar-refractivity contribution in [2.24, 2.45) is 0 Å². The van der Waals surface area contributed by atoms with Crippen molar-refractivity contribution in [3.63, 3.8) is 0 Å². The van der Waals surface area contributed by atoms with Crippen molar-refractivity contribution >= 4 is 19.8 Å². The Hall–Kier alpha value is -1.73. The normalized spacial score (nSPS) is 12.8. The summed E-state index contributed by atoms with van der Waals surface area (Å²) in [7, 11) is -4.75. The number of unbranched alkanes of at least 4 members (excludes halogenated alkanes) is 19. The van der Waals surface area contributed by atoms with Crippen molar-refractivity contribution < 1.29 is 37.9 Å². The van der Waals surface area contributed by atoms with Crippen LogP contribution in [0.25, 0.3) is 0 Å². The lowest BCUT2D eigenvalue weighted by atomic mass is 10.0. The highest BCUT2D eigenvalue weighted by molar-refractivity contribution is 7.46. The van der Waals surface area contributed by atoms with Crippen LogP contribution >= 0.6 is 7.82 Å². The van der Waals surface area contributed by atoms with Crippen LogP contribution in [0, 0.1) is 0 Å². The smallest absolute Gasteiger partial charge is 0.462 e. The maximum Gasteiger partial charge on any atom is 0.469 e. The summed E-state index contributed by atoms with van der Waals surface area (Å²) in [6.07, 6.45) is 40.0. The zero-order chi connectivity index (χ0) is 35.4. The summed E-state index contributed by atoms with van der Waals surface area (Å²) in [4.78, 5) is 42.7. The summed E-state index contributed by atoms with van der Waals surface area (Å²) in [6, 6.07) is 0. The van der Waals surface area contributed by atoms with Crippen molar-refractivity contribution in [3.8, 4) is 0 Å². The predicted molar refractivity (Wildman–Crippen MR) is 198 cm³/mol. The molecule has 0 aliphatic carbocycles. The van der Waals surface area contributed by atoms with E-state index in [1.165, 1.54) is 89.9 Å². The Morgan fingerprint density at radius 3 is 1.44 bits per heavy atom. The van der Waals surface area contributed by atoms with Crippen LogP contribution in [-0.2, 0) is 28.2 Å². The Morgan fingerprint density at radius 1 is 0.542 bits per heavy atom. The van der Waals surface area contributed by atoms with Gasteiger partial charge >= 0.3 is 19.8 Å². The second kappa shape index (κ2) is 35.1. The molecule has 8 nitrogen and oxygen atoms in total. The summed E-state index contributed by atoms with van der Waals surface area (Å²) in [5.74, 6) is -0.907. The van der Waals surface area contributed by atoms with Crippen LogP contribution in [0.5, 0.6) is 0 Å². The number of phosphoric acid groups is 1. The lowest BCUT2D eigenvalue weighted by molar-refractivity contribution is -0.161. The van der Waals surface area contributed by atoms with Crippen molar-refractivity contribution in [1.29, 1.82) is 0 Å². The van der Waals surface area contributed by atoms with E-state index in [4.69, 9.17) is 19.3 Å². The number of carbonyl (C=O) groups is 2. The van der Waals surface area contributed by atoms with E-state index in [2.05, 4.69) is 54.8 Å². The van der Waals surface area contributed by atoms with Crippen molar-refractivity contribution in [1.82, 2.24) is 0 Å². The fraction of sp³-hybridized carbons (Fsp3) is 0.795. The molecule has 280 valence electrons. The van der Waals surface area contributed by atoms with Crippen LogP contribution in [0.2, 0.25) is 0 Å². The highest BCUT2D eigenvalue weighted by Crippen LogP contribution is 2.36. The van der Waals surface area contributed by atoms with Gasteiger partial charge in [-0.25, -0.2) is 4.57 Å². The summed E-state index contributed by atoms with van der Waals surface area (Å²) in [6.45, 7) is 3.63. The molecule has 48 heavy (non-hydrogen) atoms. The number of hydrogen-bond donors (Lipinski definition) is 2. The van der Waals surface area contributed by atoms with Gasteiger partial charge in [0.2, 0.25) is 0 Å².